The van der Waals surface area contributed by atoms with E-state index < -0.39 is 5.60 Å². The second-order valence-corrected chi connectivity index (χ2v) is 13.8. The summed E-state index contributed by atoms with van der Waals surface area (Å²) in [4.78, 5) is 43.7. The number of likely N-dealkylation sites (tertiary alicyclic amines) is 2. The summed E-state index contributed by atoms with van der Waals surface area (Å²) in [5.41, 5.74) is 0.802. The summed E-state index contributed by atoms with van der Waals surface area (Å²) >= 11 is 1.62. The van der Waals surface area contributed by atoms with Crippen molar-refractivity contribution in [3.8, 4) is 0 Å². The molecular formula is C30H43N7O3S. The molecule has 2 aliphatic heterocycles. The Morgan fingerprint density at radius 2 is 1.73 bits per heavy atom. The first kappa shape index (κ1) is 29.4. The van der Waals surface area contributed by atoms with Crippen LogP contribution in [0.4, 0.5) is 16.6 Å². The average Bonchev–Trinajstić information content (AvgIpc) is 3.74. The lowest BCUT2D eigenvalue weighted by molar-refractivity contribution is -0.137. The summed E-state index contributed by atoms with van der Waals surface area (Å²) in [6.45, 7) is 12.4. The molecule has 10 nitrogen and oxygen atoms in total. The van der Waals surface area contributed by atoms with Crippen LogP contribution in [0.1, 0.15) is 58.4 Å². The summed E-state index contributed by atoms with van der Waals surface area (Å²) in [6, 6.07) is 4.11. The zero-order chi connectivity index (χ0) is 29.2. The largest absolute Gasteiger partial charge is 0.444 e. The number of nitrogens with zero attached hydrogens (tertiary/aromatic N) is 5. The van der Waals surface area contributed by atoms with E-state index in [1.54, 1.807) is 16.7 Å². The molecule has 1 spiro atoms. The molecule has 3 unspecified atom stereocenters. The van der Waals surface area contributed by atoms with Crippen molar-refractivity contribution in [1.82, 2.24) is 24.8 Å². The van der Waals surface area contributed by atoms with Gasteiger partial charge in [-0.25, -0.2) is 19.7 Å². The van der Waals surface area contributed by atoms with E-state index in [0.29, 0.717) is 11.9 Å². The van der Waals surface area contributed by atoms with Gasteiger partial charge in [0.1, 0.15) is 11.4 Å². The molecule has 2 amide bonds. The van der Waals surface area contributed by atoms with Crippen LogP contribution in [0.2, 0.25) is 0 Å². The number of piperidine rings is 1. The Balaban J connectivity index is 1.01. The van der Waals surface area contributed by atoms with Gasteiger partial charge in [-0.15, -0.1) is 11.8 Å². The molecule has 0 bridgehead atoms. The number of carbonyl (C=O) groups excluding carboxylic acids is 2. The van der Waals surface area contributed by atoms with Gasteiger partial charge in [0.25, 0.3) is 0 Å². The van der Waals surface area contributed by atoms with Crippen LogP contribution in [0.25, 0.3) is 0 Å². The van der Waals surface area contributed by atoms with Gasteiger partial charge in [-0.3, -0.25) is 4.79 Å². The number of nitrogens with one attached hydrogen (secondary N) is 2. The van der Waals surface area contributed by atoms with Crippen LogP contribution in [0.3, 0.4) is 0 Å². The number of hydrogen-bond donors (Lipinski definition) is 2. The summed E-state index contributed by atoms with van der Waals surface area (Å²) in [7, 11) is 0. The molecule has 2 N–H and O–H groups in total. The smallest absolute Gasteiger partial charge is 0.410 e. The van der Waals surface area contributed by atoms with Gasteiger partial charge in [-0.05, 0) is 69.8 Å². The minimum atomic E-state index is -0.476. The lowest BCUT2D eigenvalue weighted by Gasteiger charge is -2.53. The van der Waals surface area contributed by atoms with Gasteiger partial charge in [0, 0.05) is 74.1 Å². The number of rotatable bonds is 9. The molecule has 41 heavy (non-hydrogen) atoms. The lowest BCUT2D eigenvalue weighted by atomic mass is 9.72. The van der Waals surface area contributed by atoms with Gasteiger partial charge in [0.05, 0.1) is 0 Å². The van der Waals surface area contributed by atoms with Gasteiger partial charge in [-0.2, -0.15) is 0 Å². The number of thioether (sulfide) groups is 1. The Morgan fingerprint density at radius 3 is 2.34 bits per heavy atom. The number of carbonyl (C=O) groups is 2. The summed E-state index contributed by atoms with van der Waals surface area (Å²) < 4.78 is 5.50. The summed E-state index contributed by atoms with van der Waals surface area (Å²) in [5.74, 6) is 2.42. The fraction of sp³-hybridized carbons (Fsp3) is 0.633. The molecule has 1 aliphatic carbocycles. The van der Waals surface area contributed by atoms with Crippen molar-refractivity contribution >= 4 is 35.5 Å². The van der Waals surface area contributed by atoms with Crippen LogP contribution in [0.5, 0.6) is 0 Å². The zero-order valence-electron chi connectivity index (χ0n) is 24.9. The first-order valence-electron chi connectivity index (χ1n) is 14.6. The molecule has 11 heteroatoms. The van der Waals surface area contributed by atoms with Gasteiger partial charge >= 0.3 is 6.09 Å². The summed E-state index contributed by atoms with van der Waals surface area (Å²) in [6.07, 6.45) is 10.1. The second kappa shape index (κ2) is 12.0. The summed E-state index contributed by atoms with van der Waals surface area (Å²) in [5, 5.41) is 6.69. The zero-order valence-corrected chi connectivity index (χ0v) is 25.7. The molecule has 4 heterocycles. The maximum Gasteiger partial charge on any atom is 0.410 e. The molecule has 3 aliphatic rings. The second-order valence-electron chi connectivity index (χ2n) is 12.9. The lowest BCUT2D eigenvalue weighted by Crippen LogP contribution is -2.62. The van der Waals surface area contributed by atoms with Crippen molar-refractivity contribution in [3.63, 3.8) is 0 Å². The third-order valence-electron chi connectivity index (χ3n) is 8.27. The Bertz CT molecular complexity index is 1200. The predicted molar refractivity (Wildman–Crippen MR) is 161 cm³/mol. The predicted octanol–water partition coefficient (Wildman–Crippen LogP) is 4.72. The number of ether oxygens (including phenoxy) is 1. The highest BCUT2D eigenvalue weighted by molar-refractivity contribution is 7.98. The van der Waals surface area contributed by atoms with Gasteiger partial charge in [0.2, 0.25) is 11.9 Å². The molecule has 1 saturated carbocycles. The van der Waals surface area contributed by atoms with Gasteiger partial charge in [-0.1, -0.05) is 13.0 Å². The normalized spacial score (nSPS) is 22.1. The third-order valence-corrected chi connectivity index (χ3v) is 8.95. The van der Waals surface area contributed by atoms with E-state index in [0.717, 1.165) is 74.8 Å². The highest BCUT2D eigenvalue weighted by Gasteiger charge is 2.51. The van der Waals surface area contributed by atoms with Crippen LogP contribution >= 0.6 is 11.8 Å². The molecule has 2 saturated heterocycles. The fourth-order valence-corrected chi connectivity index (χ4v) is 5.98. The first-order chi connectivity index (χ1) is 19.5. The molecule has 222 valence electrons. The quantitative estimate of drug-likeness (QED) is 0.406. The topological polar surface area (TPSA) is 113 Å². The van der Waals surface area contributed by atoms with Crippen molar-refractivity contribution in [2.45, 2.75) is 63.4 Å². The number of anilines is 2. The van der Waals surface area contributed by atoms with Crippen LogP contribution in [0, 0.1) is 17.3 Å². The Morgan fingerprint density at radius 1 is 1.05 bits per heavy atom. The molecule has 0 aromatic carbocycles. The van der Waals surface area contributed by atoms with Crippen LogP contribution in [0.15, 0.2) is 35.6 Å². The van der Waals surface area contributed by atoms with Gasteiger partial charge in [0.15, 0.2) is 0 Å². The Hall–Kier alpha value is -3.08. The third kappa shape index (κ3) is 7.42. The highest BCUT2D eigenvalue weighted by atomic mass is 32.2. The number of pyridine rings is 1. The minimum Gasteiger partial charge on any atom is -0.444 e. The molecular weight excluding hydrogens is 538 g/mol. The van der Waals surface area contributed by atoms with Crippen molar-refractivity contribution in [3.05, 3.63) is 36.3 Å². The fourth-order valence-electron chi connectivity index (χ4n) is 5.67. The van der Waals surface area contributed by atoms with Crippen molar-refractivity contribution < 1.29 is 14.3 Å². The van der Waals surface area contributed by atoms with Crippen LogP contribution in [-0.2, 0) is 9.53 Å². The monoisotopic (exact) mass is 581 g/mol. The average molecular weight is 582 g/mol. The maximum absolute atomic E-state index is 13.2. The highest BCUT2D eigenvalue weighted by Crippen LogP contribution is 2.49. The van der Waals surface area contributed by atoms with E-state index in [2.05, 4.69) is 38.6 Å². The number of hydrogen-bond acceptors (Lipinski definition) is 9. The van der Waals surface area contributed by atoms with Crippen LogP contribution in [-0.4, -0.2) is 87.9 Å². The molecule has 2 aromatic heterocycles. The van der Waals surface area contributed by atoms with Crippen LogP contribution < -0.4 is 10.6 Å². The number of aromatic nitrogens is 3. The molecule has 3 fully saturated rings. The van der Waals surface area contributed by atoms with E-state index in [1.165, 1.54) is 0 Å². The maximum atomic E-state index is 13.2. The Labute approximate surface area is 247 Å². The van der Waals surface area contributed by atoms with E-state index in [4.69, 9.17) is 4.74 Å². The van der Waals surface area contributed by atoms with Crippen molar-refractivity contribution in [2.75, 3.05) is 56.2 Å². The molecule has 5 rings (SSSR count). The van der Waals surface area contributed by atoms with E-state index in [9.17, 15) is 9.59 Å². The molecule has 0 radical (unpaired) electrons. The van der Waals surface area contributed by atoms with Crippen molar-refractivity contribution in [1.29, 1.82) is 0 Å². The first-order valence-corrected chi connectivity index (χ1v) is 15.8. The minimum absolute atomic E-state index is 0.0580. The Kier molecular flexibility index (Phi) is 8.63. The molecule has 3 atom stereocenters. The van der Waals surface area contributed by atoms with E-state index in [1.807, 2.05) is 56.6 Å². The number of amides is 2. The van der Waals surface area contributed by atoms with E-state index >= 15 is 0 Å². The van der Waals surface area contributed by atoms with Gasteiger partial charge < -0.3 is 25.2 Å². The SMILES string of the molecule is CSc1cnc(NCC(C)CNc2ccc(C3CC3C(=O)N3CCC4(CC3)CN(C(=O)OC(C)(C)C)C4)cn2)nc1. The standard InChI is InChI=1S/C30H43N7O3S/c1-20(14-33-27-34-16-22(41-5)17-35-27)13-31-25-7-6-21(15-32-25)23-12-24(23)26(38)36-10-8-30(9-11-36)18-37(19-30)28(39)40-29(2,3)4/h6-7,15-17,20,23-24H,8-14,18-19H2,1-5H3,(H,31,32)(H,33,34,35). The molecule has 2 aromatic rings. The van der Waals surface area contributed by atoms with E-state index in [-0.39, 0.29) is 29.3 Å². The van der Waals surface area contributed by atoms with Crippen molar-refractivity contribution in [2.24, 2.45) is 17.3 Å².